The fourth-order valence-electron chi connectivity index (χ4n) is 0.955. The van der Waals surface area contributed by atoms with Crippen molar-refractivity contribution in [2.24, 2.45) is 0 Å². The van der Waals surface area contributed by atoms with Crippen molar-refractivity contribution in [1.29, 1.82) is 0 Å². The Balaban J connectivity index is 0. The molecule has 0 radical (unpaired) electrons. The van der Waals surface area contributed by atoms with Crippen LogP contribution in [0.5, 0.6) is 0 Å². The molecule has 0 saturated carbocycles. The Morgan fingerprint density at radius 3 is 2.15 bits per heavy atom. The number of carbonyl (C=O) groups excluding carboxylic acids is 1. The zero-order valence-corrected chi connectivity index (χ0v) is 9.52. The standard InChI is InChI=1S/C6H11NO2.2C2H6/c1-9-5-2-3-7-6(8)4-5;2*1-2/h5H,2-4H2,1H3,(H,7,8);2*1-2H3. The van der Waals surface area contributed by atoms with Gasteiger partial charge in [0.15, 0.2) is 0 Å². The van der Waals surface area contributed by atoms with Crippen LogP contribution in [0.4, 0.5) is 0 Å². The second-order valence-electron chi connectivity index (χ2n) is 2.20. The summed E-state index contributed by atoms with van der Waals surface area (Å²) in [5.41, 5.74) is 0. The zero-order valence-electron chi connectivity index (χ0n) is 9.52. The highest BCUT2D eigenvalue weighted by molar-refractivity contribution is 5.77. The molecule has 1 aliphatic heterocycles. The lowest BCUT2D eigenvalue weighted by Gasteiger charge is -2.19. The number of rotatable bonds is 1. The lowest BCUT2D eigenvalue weighted by Crippen LogP contribution is -2.36. The number of ether oxygens (including phenoxy) is 1. The van der Waals surface area contributed by atoms with Gasteiger partial charge in [0.25, 0.3) is 0 Å². The Hall–Kier alpha value is -0.570. The second kappa shape index (κ2) is 11.4. The summed E-state index contributed by atoms with van der Waals surface area (Å²) in [7, 11) is 1.64. The van der Waals surface area contributed by atoms with Gasteiger partial charge in [-0.1, -0.05) is 27.7 Å². The molecule has 1 atom stereocenters. The SMILES string of the molecule is CC.CC.COC1CCNC(=O)C1. The van der Waals surface area contributed by atoms with Gasteiger partial charge in [0.1, 0.15) is 0 Å². The third-order valence-corrected chi connectivity index (χ3v) is 1.53. The van der Waals surface area contributed by atoms with E-state index in [1.807, 2.05) is 27.7 Å². The van der Waals surface area contributed by atoms with Gasteiger partial charge in [0.05, 0.1) is 12.5 Å². The van der Waals surface area contributed by atoms with Crippen molar-refractivity contribution in [3.63, 3.8) is 0 Å². The van der Waals surface area contributed by atoms with Crippen LogP contribution in [-0.2, 0) is 9.53 Å². The summed E-state index contributed by atoms with van der Waals surface area (Å²) in [5.74, 6) is 0.105. The largest absolute Gasteiger partial charge is 0.381 e. The summed E-state index contributed by atoms with van der Waals surface area (Å²) in [6.07, 6.45) is 1.62. The molecule has 1 heterocycles. The summed E-state index contributed by atoms with van der Waals surface area (Å²) in [6.45, 7) is 8.76. The lowest BCUT2D eigenvalue weighted by molar-refractivity contribution is -0.125. The average Bonchev–Trinajstić information content (AvgIpc) is 2.24. The first-order valence-electron chi connectivity index (χ1n) is 5.12. The Bertz CT molecular complexity index is 115. The fraction of sp³-hybridized carbons (Fsp3) is 0.900. The molecule has 13 heavy (non-hydrogen) atoms. The van der Waals surface area contributed by atoms with Crippen LogP contribution in [0.25, 0.3) is 0 Å². The van der Waals surface area contributed by atoms with Crippen molar-refractivity contribution in [3.8, 4) is 0 Å². The Labute approximate surface area is 81.9 Å². The van der Waals surface area contributed by atoms with Gasteiger partial charge in [-0.3, -0.25) is 4.79 Å². The highest BCUT2D eigenvalue weighted by atomic mass is 16.5. The van der Waals surface area contributed by atoms with Crippen molar-refractivity contribution >= 4 is 5.91 Å². The van der Waals surface area contributed by atoms with Gasteiger partial charge in [-0.2, -0.15) is 0 Å². The van der Waals surface area contributed by atoms with Gasteiger partial charge in [-0.25, -0.2) is 0 Å². The number of piperidine rings is 1. The van der Waals surface area contributed by atoms with E-state index in [-0.39, 0.29) is 12.0 Å². The first kappa shape index (κ1) is 14.9. The van der Waals surface area contributed by atoms with Crippen LogP contribution in [0.3, 0.4) is 0 Å². The van der Waals surface area contributed by atoms with Crippen LogP contribution in [-0.4, -0.2) is 25.7 Å². The highest BCUT2D eigenvalue weighted by Crippen LogP contribution is 2.05. The van der Waals surface area contributed by atoms with Gasteiger partial charge in [-0.05, 0) is 6.42 Å². The lowest BCUT2D eigenvalue weighted by atomic mass is 10.1. The number of hydrogen-bond acceptors (Lipinski definition) is 2. The fourth-order valence-corrected chi connectivity index (χ4v) is 0.955. The molecule has 0 bridgehead atoms. The number of methoxy groups -OCH3 is 1. The van der Waals surface area contributed by atoms with E-state index in [1.165, 1.54) is 0 Å². The van der Waals surface area contributed by atoms with Crippen LogP contribution in [0, 0.1) is 0 Å². The first-order chi connectivity index (χ1) is 6.33. The van der Waals surface area contributed by atoms with E-state index < -0.39 is 0 Å². The predicted octanol–water partition coefficient (Wildman–Crippen LogP) is 1.96. The number of hydrogen-bond donors (Lipinski definition) is 1. The average molecular weight is 189 g/mol. The normalized spacial score (nSPS) is 20.1. The van der Waals surface area contributed by atoms with Gasteiger partial charge in [0.2, 0.25) is 5.91 Å². The molecule has 1 amide bonds. The van der Waals surface area contributed by atoms with E-state index in [0.717, 1.165) is 13.0 Å². The smallest absolute Gasteiger partial charge is 0.222 e. The van der Waals surface area contributed by atoms with Crippen LogP contribution in [0.15, 0.2) is 0 Å². The molecule has 1 rings (SSSR count). The van der Waals surface area contributed by atoms with Crippen molar-refractivity contribution in [3.05, 3.63) is 0 Å². The Morgan fingerprint density at radius 2 is 1.85 bits per heavy atom. The molecule has 0 aromatic rings. The van der Waals surface area contributed by atoms with Crippen LogP contribution in [0.2, 0.25) is 0 Å². The number of amides is 1. The van der Waals surface area contributed by atoms with E-state index in [2.05, 4.69) is 5.32 Å². The molecule has 0 spiro atoms. The van der Waals surface area contributed by atoms with Crippen molar-refractivity contribution in [2.45, 2.75) is 46.6 Å². The van der Waals surface area contributed by atoms with Gasteiger partial charge in [-0.15, -0.1) is 0 Å². The molecule has 1 aliphatic rings. The summed E-state index contributed by atoms with van der Waals surface area (Å²) in [5, 5.41) is 2.73. The molecular formula is C10H23NO2. The van der Waals surface area contributed by atoms with Crippen LogP contribution >= 0.6 is 0 Å². The topological polar surface area (TPSA) is 38.3 Å². The quantitative estimate of drug-likeness (QED) is 0.685. The van der Waals surface area contributed by atoms with Crippen molar-refractivity contribution in [2.75, 3.05) is 13.7 Å². The molecule has 0 aromatic carbocycles. The molecule has 80 valence electrons. The molecule has 3 nitrogen and oxygen atoms in total. The van der Waals surface area contributed by atoms with E-state index in [1.54, 1.807) is 7.11 Å². The van der Waals surface area contributed by atoms with E-state index in [0.29, 0.717) is 6.42 Å². The van der Waals surface area contributed by atoms with Crippen molar-refractivity contribution < 1.29 is 9.53 Å². The maximum Gasteiger partial charge on any atom is 0.222 e. The Morgan fingerprint density at radius 1 is 1.31 bits per heavy atom. The molecule has 1 N–H and O–H groups in total. The minimum Gasteiger partial charge on any atom is -0.381 e. The zero-order chi connectivity index (χ0) is 10.7. The van der Waals surface area contributed by atoms with E-state index in [9.17, 15) is 4.79 Å². The summed E-state index contributed by atoms with van der Waals surface area (Å²) >= 11 is 0. The maximum absolute atomic E-state index is 10.6. The maximum atomic E-state index is 10.6. The molecule has 1 fully saturated rings. The number of nitrogens with one attached hydrogen (secondary N) is 1. The van der Waals surface area contributed by atoms with Crippen molar-refractivity contribution in [1.82, 2.24) is 5.32 Å². The molecule has 1 unspecified atom stereocenters. The molecular weight excluding hydrogens is 166 g/mol. The van der Waals surface area contributed by atoms with Crippen LogP contribution < -0.4 is 5.32 Å². The summed E-state index contributed by atoms with van der Waals surface area (Å²) < 4.78 is 5.00. The molecule has 0 aliphatic carbocycles. The highest BCUT2D eigenvalue weighted by Gasteiger charge is 2.17. The first-order valence-corrected chi connectivity index (χ1v) is 5.12. The summed E-state index contributed by atoms with van der Waals surface area (Å²) in [6, 6.07) is 0. The third kappa shape index (κ3) is 7.78. The van der Waals surface area contributed by atoms with E-state index >= 15 is 0 Å². The van der Waals surface area contributed by atoms with Crippen LogP contribution in [0.1, 0.15) is 40.5 Å². The number of carbonyl (C=O) groups is 1. The molecule has 0 aromatic heterocycles. The predicted molar refractivity (Wildman–Crippen MR) is 55.7 cm³/mol. The van der Waals surface area contributed by atoms with E-state index in [4.69, 9.17) is 4.74 Å². The minimum absolute atomic E-state index is 0.105. The monoisotopic (exact) mass is 189 g/mol. The second-order valence-corrected chi connectivity index (χ2v) is 2.20. The van der Waals surface area contributed by atoms with Gasteiger partial charge in [0, 0.05) is 13.7 Å². The molecule has 1 saturated heterocycles. The van der Waals surface area contributed by atoms with Gasteiger partial charge < -0.3 is 10.1 Å². The molecule has 3 heteroatoms. The Kier molecular flexibility index (Phi) is 13.1. The summed E-state index contributed by atoms with van der Waals surface area (Å²) in [4.78, 5) is 10.6. The minimum atomic E-state index is 0.105. The third-order valence-electron chi connectivity index (χ3n) is 1.53. The van der Waals surface area contributed by atoms with Gasteiger partial charge >= 0.3 is 0 Å².